The number of hydrogen-bond acceptors (Lipinski definition) is 4. The van der Waals surface area contributed by atoms with Crippen LogP contribution in [0.15, 0.2) is 30.9 Å². The van der Waals surface area contributed by atoms with Crippen LogP contribution in [0.25, 0.3) is 0 Å². The zero-order valence-corrected chi connectivity index (χ0v) is 13.5. The van der Waals surface area contributed by atoms with Crippen LogP contribution in [0.5, 0.6) is 0 Å². The summed E-state index contributed by atoms with van der Waals surface area (Å²) in [7, 11) is 0. The standard InChI is InChI=1S/C16H21N3O2S/c1-12-2-3-13(22-12)10-16(21)18-7-4-14(15(20)5-8-18)19-9-6-17-11-19/h2-3,6,9,11,14-15,20H,4-5,7-8,10H2,1H3/t14-,15-/m0/s1. The topological polar surface area (TPSA) is 58.4 Å². The third-order valence-electron chi connectivity index (χ3n) is 4.22. The molecule has 118 valence electrons. The van der Waals surface area contributed by atoms with E-state index in [9.17, 15) is 9.90 Å². The third-order valence-corrected chi connectivity index (χ3v) is 5.22. The minimum absolute atomic E-state index is 0.00397. The predicted octanol–water partition coefficient (Wildman–Crippen LogP) is 2.02. The number of aryl methyl sites for hydroxylation is 1. The molecule has 3 rings (SSSR count). The summed E-state index contributed by atoms with van der Waals surface area (Å²) < 4.78 is 1.95. The first kappa shape index (κ1) is 15.2. The van der Waals surface area contributed by atoms with Crippen molar-refractivity contribution in [2.45, 2.75) is 38.3 Å². The van der Waals surface area contributed by atoms with Gasteiger partial charge in [0, 0.05) is 35.2 Å². The third kappa shape index (κ3) is 3.39. The van der Waals surface area contributed by atoms with Gasteiger partial charge >= 0.3 is 0 Å². The Hall–Kier alpha value is -1.66. The summed E-state index contributed by atoms with van der Waals surface area (Å²) in [6.45, 7) is 3.36. The highest BCUT2D eigenvalue weighted by Gasteiger charge is 2.27. The van der Waals surface area contributed by atoms with Crippen LogP contribution in [-0.4, -0.2) is 44.7 Å². The number of aliphatic hydroxyl groups is 1. The molecule has 3 heterocycles. The molecule has 5 nitrogen and oxygen atoms in total. The zero-order chi connectivity index (χ0) is 15.5. The summed E-state index contributed by atoms with van der Waals surface area (Å²) >= 11 is 1.68. The van der Waals surface area contributed by atoms with Crippen molar-refractivity contribution < 1.29 is 9.90 Å². The highest BCUT2D eigenvalue weighted by Crippen LogP contribution is 2.24. The van der Waals surface area contributed by atoms with Crippen molar-refractivity contribution in [3.63, 3.8) is 0 Å². The first-order valence-electron chi connectivity index (χ1n) is 7.62. The second-order valence-corrected chi connectivity index (χ2v) is 7.16. The number of carbonyl (C=O) groups excluding carboxylic acids is 1. The number of amides is 1. The van der Waals surface area contributed by atoms with Crippen LogP contribution < -0.4 is 0 Å². The first-order chi connectivity index (χ1) is 10.6. The Morgan fingerprint density at radius 3 is 2.91 bits per heavy atom. The predicted molar refractivity (Wildman–Crippen MR) is 85.8 cm³/mol. The molecule has 6 heteroatoms. The lowest BCUT2D eigenvalue weighted by Gasteiger charge is -2.21. The van der Waals surface area contributed by atoms with Gasteiger partial charge < -0.3 is 14.6 Å². The van der Waals surface area contributed by atoms with Crippen molar-refractivity contribution in [2.75, 3.05) is 13.1 Å². The first-order valence-corrected chi connectivity index (χ1v) is 8.44. The fraction of sp³-hybridized carbons (Fsp3) is 0.500. The van der Waals surface area contributed by atoms with Crippen molar-refractivity contribution in [2.24, 2.45) is 0 Å². The van der Waals surface area contributed by atoms with Crippen LogP contribution in [0.4, 0.5) is 0 Å². The Kier molecular flexibility index (Phi) is 4.59. The second-order valence-electron chi connectivity index (χ2n) is 5.79. The fourth-order valence-electron chi connectivity index (χ4n) is 2.98. The van der Waals surface area contributed by atoms with Gasteiger partial charge in [-0.1, -0.05) is 0 Å². The van der Waals surface area contributed by atoms with Gasteiger partial charge in [0.2, 0.25) is 5.91 Å². The van der Waals surface area contributed by atoms with Gasteiger partial charge in [-0.2, -0.15) is 0 Å². The van der Waals surface area contributed by atoms with E-state index in [1.807, 2.05) is 21.7 Å². The number of nitrogens with zero attached hydrogens (tertiary/aromatic N) is 3. The van der Waals surface area contributed by atoms with Crippen LogP contribution >= 0.6 is 11.3 Å². The molecule has 1 aliphatic rings. The van der Waals surface area contributed by atoms with E-state index in [0.29, 0.717) is 25.9 Å². The van der Waals surface area contributed by atoms with E-state index < -0.39 is 6.10 Å². The lowest BCUT2D eigenvalue weighted by atomic mass is 10.1. The van der Waals surface area contributed by atoms with Crippen LogP contribution in [0.2, 0.25) is 0 Å². The maximum atomic E-state index is 12.5. The van der Waals surface area contributed by atoms with Gasteiger partial charge in [0.05, 0.1) is 24.9 Å². The Morgan fingerprint density at radius 1 is 1.41 bits per heavy atom. The van der Waals surface area contributed by atoms with Gasteiger partial charge in [-0.25, -0.2) is 4.98 Å². The number of imidazole rings is 1. The molecule has 1 aliphatic heterocycles. The van der Waals surface area contributed by atoms with E-state index in [0.717, 1.165) is 11.3 Å². The summed E-state index contributed by atoms with van der Waals surface area (Å²) in [4.78, 5) is 20.7. The molecule has 0 aliphatic carbocycles. The molecular formula is C16H21N3O2S. The number of aliphatic hydroxyl groups excluding tert-OH is 1. The second kappa shape index (κ2) is 6.62. The molecule has 2 aromatic heterocycles. The van der Waals surface area contributed by atoms with E-state index in [2.05, 4.69) is 18.0 Å². The molecule has 1 fully saturated rings. The van der Waals surface area contributed by atoms with E-state index in [4.69, 9.17) is 0 Å². The number of thiophene rings is 1. The summed E-state index contributed by atoms with van der Waals surface area (Å²) in [5.74, 6) is 0.153. The van der Waals surface area contributed by atoms with E-state index >= 15 is 0 Å². The van der Waals surface area contributed by atoms with Crippen LogP contribution in [0.1, 0.15) is 28.6 Å². The van der Waals surface area contributed by atoms with Crippen molar-refractivity contribution in [1.29, 1.82) is 0 Å². The van der Waals surface area contributed by atoms with Gasteiger partial charge in [0.1, 0.15) is 0 Å². The van der Waals surface area contributed by atoms with Crippen LogP contribution in [0, 0.1) is 6.92 Å². The number of hydrogen-bond donors (Lipinski definition) is 1. The molecule has 0 saturated carbocycles. The Balaban J connectivity index is 1.63. The van der Waals surface area contributed by atoms with Crippen LogP contribution in [-0.2, 0) is 11.2 Å². The maximum absolute atomic E-state index is 12.5. The summed E-state index contributed by atoms with van der Waals surface area (Å²) in [5.41, 5.74) is 0. The number of likely N-dealkylation sites (tertiary alicyclic amines) is 1. The summed E-state index contributed by atoms with van der Waals surface area (Å²) in [6.07, 6.45) is 6.73. The molecular weight excluding hydrogens is 298 g/mol. The molecule has 2 atom stereocenters. The molecule has 2 aromatic rings. The maximum Gasteiger partial charge on any atom is 0.227 e. The summed E-state index contributed by atoms with van der Waals surface area (Å²) in [6, 6.07) is 4.08. The Bertz CT molecular complexity index is 623. The number of carbonyl (C=O) groups is 1. The minimum Gasteiger partial charge on any atom is -0.391 e. The SMILES string of the molecule is Cc1ccc(CC(=O)N2CC[C@H](O)[C@@H](n3ccnc3)CC2)s1. The van der Waals surface area contributed by atoms with Crippen molar-refractivity contribution in [3.8, 4) is 0 Å². The fourth-order valence-corrected chi connectivity index (χ4v) is 3.86. The largest absolute Gasteiger partial charge is 0.391 e. The van der Waals surface area contributed by atoms with Gasteiger partial charge in [-0.3, -0.25) is 4.79 Å². The molecule has 1 amide bonds. The van der Waals surface area contributed by atoms with Gasteiger partial charge in [-0.05, 0) is 31.9 Å². The molecule has 22 heavy (non-hydrogen) atoms. The van der Waals surface area contributed by atoms with Gasteiger partial charge in [0.15, 0.2) is 0 Å². The molecule has 0 spiro atoms. The molecule has 1 saturated heterocycles. The van der Waals surface area contributed by atoms with Gasteiger partial charge in [0.25, 0.3) is 0 Å². The molecule has 0 bridgehead atoms. The smallest absolute Gasteiger partial charge is 0.227 e. The van der Waals surface area contributed by atoms with Gasteiger partial charge in [-0.15, -0.1) is 11.3 Å². The van der Waals surface area contributed by atoms with Crippen molar-refractivity contribution >= 4 is 17.2 Å². The zero-order valence-electron chi connectivity index (χ0n) is 12.7. The monoisotopic (exact) mass is 319 g/mol. The molecule has 0 radical (unpaired) electrons. The molecule has 0 aromatic carbocycles. The lowest BCUT2D eigenvalue weighted by Crippen LogP contribution is -2.33. The molecule has 0 unspecified atom stereocenters. The van der Waals surface area contributed by atoms with Crippen molar-refractivity contribution in [3.05, 3.63) is 40.6 Å². The highest BCUT2D eigenvalue weighted by molar-refractivity contribution is 7.12. The Morgan fingerprint density at radius 2 is 2.23 bits per heavy atom. The normalized spacial score (nSPS) is 22.5. The average Bonchev–Trinajstić information content (AvgIpc) is 3.10. The number of aromatic nitrogens is 2. The summed E-state index contributed by atoms with van der Waals surface area (Å²) in [5, 5.41) is 10.3. The molecule has 1 N–H and O–H groups in total. The van der Waals surface area contributed by atoms with E-state index in [1.54, 1.807) is 23.9 Å². The average molecular weight is 319 g/mol. The Labute approximate surface area is 134 Å². The van der Waals surface area contributed by atoms with E-state index in [-0.39, 0.29) is 11.9 Å². The number of rotatable bonds is 3. The lowest BCUT2D eigenvalue weighted by molar-refractivity contribution is -0.130. The van der Waals surface area contributed by atoms with E-state index in [1.165, 1.54) is 4.88 Å². The highest BCUT2D eigenvalue weighted by atomic mass is 32.1. The minimum atomic E-state index is -0.434. The van der Waals surface area contributed by atoms with Crippen LogP contribution in [0.3, 0.4) is 0 Å². The van der Waals surface area contributed by atoms with Crippen molar-refractivity contribution in [1.82, 2.24) is 14.5 Å². The quantitative estimate of drug-likeness (QED) is 0.941.